The summed E-state index contributed by atoms with van der Waals surface area (Å²) in [5.74, 6) is 0. The van der Waals surface area contributed by atoms with E-state index in [4.69, 9.17) is 4.42 Å². The van der Waals surface area contributed by atoms with Gasteiger partial charge >= 0.3 is 0 Å². The standard InChI is InChI=1S/C55H38N2O.C55H38N2S/c1-55(2)48-18-8-5-14-42(48)43-30-29-41(34-49(43)55)56(52-20-11-17-46-45-16-7-10-21-53(45)58-54(46)52)39-26-22-36(23-27-39)38-25-31-51-47(33-38)44-15-6-9-19-50(44)57(51)40-28-24-35-12-3-4-13-37(35)32-40;1-55(2)49-16-8-5-13-43(49)44-28-26-42(34-50(44)55)56(41-27-30-54-48(33-41)46-15-7-10-18-53(46)58-54)39-23-19-36(20-24-39)38-22-29-52-47(32-38)45-14-6-9-17-51(45)57(52)40-25-21-35-11-3-4-12-37(35)31-40/h2*3-34H,1-2H3. The molecule has 24 rings (SSSR count). The molecule has 548 valence electrons. The lowest BCUT2D eigenvalue weighted by Gasteiger charge is -2.28. The first kappa shape index (κ1) is 67.4. The molecule has 22 aromatic rings. The summed E-state index contributed by atoms with van der Waals surface area (Å²) in [5.41, 5.74) is 30.8. The molecule has 0 saturated heterocycles. The molecular formula is C110H76N4OS. The molecule has 0 radical (unpaired) electrons. The molecule has 2 aliphatic rings. The van der Waals surface area contributed by atoms with Crippen LogP contribution < -0.4 is 9.80 Å². The van der Waals surface area contributed by atoms with Crippen LogP contribution in [0.1, 0.15) is 49.9 Å². The number of furan rings is 1. The third-order valence-electron chi connectivity index (χ3n) is 25.1. The van der Waals surface area contributed by atoms with Crippen LogP contribution in [0.25, 0.3) is 163 Å². The Balaban J connectivity index is 0.000000137. The van der Waals surface area contributed by atoms with Gasteiger partial charge in [-0.15, -0.1) is 11.3 Å². The van der Waals surface area contributed by atoms with Crippen molar-refractivity contribution < 1.29 is 4.42 Å². The van der Waals surface area contributed by atoms with Gasteiger partial charge in [0.05, 0.1) is 27.8 Å². The van der Waals surface area contributed by atoms with Crippen LogP contribution in [0, 0.1) is 0 Å². The van der Waals surface area contributed by atoms with Crippen molar-refractivity contribution in [2.45, 2.75) is 38.5 Å². The van der Waals surface area contributed by atoms with Gasteiger partial charge in [-0.1, -0.05) is 270 Å². The Morgan fingerprint density at radius 2 is 0.664 bits per heavy atom. The fourth-order valence-electron chi connectivity index (χ4n) is 19.4. The van der Waals surface area contributed by atoms with Crippen LogP contribution in [0.2, 0.25) is 0 Å². The number of para-hydroxylation sites is 4. The fraction of sp³-hybridized carbons (Fsp3) is 0.0545. The summed E-state index contributed by atoms with van der Waals surface area (Å²) in [6, 6.07) is 143. The zero-order valence-electron chi connectivity index (χ0n) is 64.6. The lowest BCUT2D eigenvalue weighted by Crippen LogP contribution is -2.16. The average molecular weight is 1500 g/mol. The van der Waals surface area contributed by atoms with Crippen molar-refractivity contribution in [3.63, 3.8) is 0 Å². The maximum Gasteiger partial charge on any atom is 0.159 e. The molecular weight excluding hydrogens is 1430 g/mol. The number of thiophene rings is 1. The van der Waals surface area contributed by atoms with Crippen LogP contribution in [-0.2, 0) is 10.8 Å². The van der Waals surface area contributed by atoms with E-state index in [0.29, 0.717) is 0 Å². The second-order valence-electron chi connectivity index (χ2n) is 32.3. The van der Waals surface area contributed by atoms with Gasteiger partial charge < -0.3 is 23.4 Å². The molecule has 0 bridgehead atoms. The highest BCUT2D eigenvalue weighted by Gasteiger charge is 2.38. The van der Waals surface area contributed by atoms with E-state index in [9.17, 15) is 0 Å². The minimum Gasteiger partial charge on any atom is -0.454 e. The molecule has 18 aromatic carbocycles. The molecule has 0 N–H and O–H groups in total. The van der Waals surface area contributed by atoms with Gasteiger partial charge in [-0.05, 0) is 234 Å². The molecule has 0 amide bonds. The van der Waals surface area contributed by atoms with Crippen LogP contribution in [0.15, 0.2) is 393 Å². The van der Waals surface area contributed by atoms with Gasteiger partial charge in [-0.2, -0.15) is 0 Å². The van der Waals surface area contributed by atoms with Crippen molar-refractivity contribution in [3.8, 4) is 55.9 Å². The number of nitrogens with zero attached hydrogens (tertiary/aromatic N) is 4. The molecule has 0 fully saturated rings. The maximum absolute atomic E-state index is 6.67. The number of anilines is 6. The van der Waals surface area contributed by atoms with E-state index in [1.807, 2.05) is 17.4 Å². The van der Waals surface area contributed by atoms with E-state index in [1.165, 1.54) is 163 Å². The van der Waals surface area contributed by atoms with Crippen molar-refractivity contribution in [3.05, 3.63) is 411 Å². The SMILES string of the molecule is CC1(C)c2ccccc2-c2ccc(N(c3ccc(-c4ccc5c(c4)c4ccccc4n5-c4ccc5ccccc5c4)cc3)c3ccc4sc5ccccc5c4c3)cc21.CC1(C)c2ccccc2-c2ccc(N(c3ccc(-c4ccc5c(c4)c4ccccc4n5-c4ccc5ccccc5c4)cc3)c3cccc4c3oc3ccccc34)cc21. The molecule has 4 heterocycles. The highest BCUT2D eigenvalue weighted by Crippen LogP contribution is 2.54. The average Bonchev–Trinajstić information content (AvgIpc) is 1.59. The second-order valence-corrected chi connectivity index (χ2v) is 33.4. The number of rotatable bonds is 10. The molecule has 116 heavy (non-hydrogen) atoms. The highest BCUT2D eigenvalue weighted by molar-refractivity contribution is 7.25. The molecule has 0 unspecified atom stereocenters. The second kappa shape index (κ2) is 26.1. The zero-order chi connectivity index (χ0) is 77.1. The Kier molecular flexibility index (Phi) is 15.2. The first-order valence-corrected chi connectivity index (χ1v) is 41.0. The Morgan fingerprint density at radius 3 is 1.24 bits per heavy atom. The van der Waals surface area contributed by atoms with E-state index >= 15 is 0 Å². The van der Waals surface area contributed by atoms with Gasteiger partial charge in [-0.3, -0.25) is 0 Å². The van der Waals surface area contributed by atoms with Crippen molar-refractivity contribution in [2.75, 3.05) is 9.80 Å². The Bertz CT molecular complexity index is 7790. The summed E-state index contributed by atoms with van der Waals surface area (Å²) in [6.07, 6.45) is 0. The van der Waals surface area contributed by atoms with Crippen molar-refractivity contribution in [1.82, 2.24) is 9.13 Å². The molecule has 2 aliphatic carbocycles. The lowest BCUT2D eigenvalue weighted by molar-refractivity contribution is 0.660. The van der Waals surface area contributed by atoms with E-state index in [0.717, 1.165) is 56.1 Å². The van der Waals surface area contributed by atoms with Crippen LogP contribution in [-0.4, -0.2) is 9.13 Å². The Labute approximate surface area is 676 Å². The van der Waals surface area contributed by atoms with Gasteiger partial charge in [0.15, 0.2) is 5.58 Å². The van der Waals surface area contributed by atoms with Gasteiger partial charge in [0.1, 0.15) is 5.58 Å². The van der Waals surface area contributed by atoms with Crippen LogP contribution in [0.5, 0.6) is 0 Å². The van der Waals surface area contributed by atoms with E-state index in [2.05, 4.69) is 429 Å². The molecule has 0 saturated carbocycles. The summed E-state index contributed by atoms with van der Waals surface area (Å²) >= 11 is 1.86. The minimum absolute atomic E-state index is 0.0962. The summed E-state index contributed by atoms with van der Waals surface area (Å²) in [5, 5.41) is 14.8. The summed E-state index contributed by atoms with van der Waals surface area (Å²) < 4.78 is 14.1. The fourth-order valence-corrected chi connectivity index (χ4v) is 20.5. The summed E-state index contributed by atoms with van der Waals surface area (Å²) in [4.78, 5) is 4.81. The molecule has 0 atom stereocenters. The topological polar surface area (TPSA) is 29.5 Å². The van der Waals surface area contributed by atoms with E-state index in [1.54, 1.807) is 0 Å². The molecule has 0 spiro atoms. The predicted octanol–water partition coefficient (Wildman–Crippen LogP) is 31.0. The smallest absolute Gasteiger partial charge is 0.159 e. The third kappa shape index (κ3) is 10.6. The Morgan fingerprint density at radius 1 is 0.250 bits per heavy atom. The summed E-state index contributed by atoms with van der Waals surface area (Å²) in [6.45, 7) is 9.41. The van der Waals surface area contributed by atoms with E-state index < -0.39 is 0 Å². The predicted molar refractivity (Wildman–Crippen MR) is 492 cm³/mol. The lowest BCUT2D eigenvalue weighted by atomic mass is 9.82. The van der Waals surface area contributed by atoms with Crippen LogP contribution in [0.3, 0.4) is 0 Å². The van der Waals surface area contributed by atoms with Crippen LogP contribution in [0.4, 0.5) is 34.1 Å². The first-order valence-electron chi connectivity index (χ1n) is 40.2. The maximum atomic E-state index is 6.67. The zero-order valence-corrected chi connectivity index (χ0v) is 65.4. The molecule has 5 nitrogen and oxygen atoms in total. The van der Waals surface area contributed by atoms with Crippen molar-refractivity contribution >= 4 is 153 Å². The first-order chi connectivity index (χ1) is 57.0. The quantitative estimate of drug-likeness (QED) is 0.137. The third-order valence-corrected chi connectivity index (χ3v) is 26.3. The minimum atomic E-state index is -0.126. The van der Waals surface area contributed by atoms with Crippen molar-refractivity contribution in [2.24, 2.45) is 0 Å². The molecule has 0 aliphatic heterocycles. The number of benzene rings is 18. The van der Waals surface area contributed by atoms with Gasteiger partial charge in [0.25, 0.3) is 0 Å². The normalized spacial score (nSPS) is 13.1. The van der Waals surface area contributed by atoms with Gasteiger partial charge in [-0.25, -0.2) is 0 Å². The van der Waals surface area contributed by atoms with Crippen LogP contribution >= 0.6 is 11.3 Å². The molecule has 4 aromatic heterocycles. The summed E-state index contributed by atoms with van der Waals surface area (Å²) in [7, 11) is 0. The Hall–Kier alpha value is -14.3. The number of fused-ring (bicyclic) bond motifs is 20. The monoisotopic (exact) mass is 1500 g/mol. The van der Waals surface area contributed by atoms with Gasteiger partial charge in [0, 0.05) is 103 Å². The van der Waals surface area contributed by atoms with Gasteiger partial charge in [0.2, 0.25) is 0 Å². The largest absolute Gasteiger partial charge is 0.454 e. The number of hydrogen-bond acceptors (Lipinski definition) is 4. The van der Waals surface area contributed by atoms with Crippen molar-refractivity contribution in [1.29, 1.82) is 0 Å². The number of aromatic nitrogens is 2. The number of hydrogen-bond donors (Lipinski definition) is 0. The highest BCUT2D eigenvalue weighted by atomic mass is 32.1. The molecule has 6 heteroatoms. The van der Waals surface area contributed by atoms with E-state index in [-0.39, 0.29) is 10.8 Å².